The number of carbonyl (C=O) groups is 1. The summed E-state index contributed by atoms with van der Waals surface area (Å²) in [6, 6.07) is 10.6. The zero-order valence-electron chi connectivity index (χ0n) is 9.71. The zero-order chi connectivity index (χ0) is 13.0. The molecule has 0 bridgehead atoms. The van der Waals surface area contributed by atoms with Gasteiger partial charge in [0.1, 0.15) is 11.9 Å². The Balaban J connectivity index is 2.18. The van der Waals surface area contributed by atoms with Crippen LogP contribution >= 0.6 is 0 Å². The number of benzene rings is 1. The van der Waals surface area contributed by atoms with Crippen molar-refractivity contribution >= 4 is 17.3 Å². The first-order valence-electron chi connectivity index (χ1n) is 5.30. The topological polar surface area (TPSA) is 78.7 Å². The molecule has 2 rings (SSSR count). The molecule has 0 amide bonds. The molecule has 1 aromatic carbocycles. The molecule has 1 aromatic heterocycles. The Morgan fingerprint density at radius 2 is 2.00 bits per heavy atom. The lowest BCUT2D eigenvalue weighted by molar-refractivity contribution is 0.101. The van der Waals surface area contributed by atoms with Crippen LogP contribution in [-0.4, -0.2) is 15.8 Å². The summed E-state index contributed by atoms with van der Waals surface area (Å²) < 4.78 is 0. The van der Waals surface area contributed by atoms with E-state index in [0.717, 1.165) is 5.69 Å². The second kappa shape index (κ2) is 5.06. The van der Waals surface area contributed by atoms with Crippen LogP contribution in [0.5, 0.6) is 0 Å². The molecule has 0 atom stereocenters. The van der Waals surface area contributed by atoms with Crippen molar-refractivity contribution in [3.63, 3.8) is 0 Å². The number of carbonyl (C=O) groups excluding carboxylic acids is 1. The van der Waals surface area contributed by atoms with E-state index in [-0.39, 0.29) is 11.6 Å². The summed E-state index contributed by atoms with van der Waals surface area (Å²) in [6.45, 7) is 1.52. The van der Waals surface area contributed by atoms with Gasteiger partial charge < -0.3 is 5.32 Å². The summed E-state index contributed by atoms with van der Waals surface area (Å²) in [5, 5.41) is 11.7. The molecule has 18 heavy (non-hydrogen) atoms. The fourth-order valence-electron chi connectivity index (χ4n) is 1.42. The molecule has 0 saturated heterocycles. The molecule has 1 heterocycles. The number of nitrogens with zero attached hydrogens (tertiary/aromatic N) is 3. The molecule has 0 spiro atoms. The molecule has 5 heteroatoms. The Morgan fingerprint density at radius 1 is 1.28 bits per heavy atom. The normalized spacial score (nSPS) is 9.56. The van der Waals surface area contributed by atoms with Gasteiger partial charge in [0, 0.05) is 17.4 Å². The molecule has 0 radical (unpaired) electrons. The number of aromatic nitrogens is 2. The Hall–Kier alpha value is -2.74. The second-order valence-electron chi connectivity index (χ2n) is 3.64. The number of nitrogens with one attached hydrogen (secondary N) is 1. The Labute approximate surface area is 104 Å². The minimum atomic E-state index is 0.0235. The molecule has 5 nitrogen and oxygen atoms in total. The van der Waals surface area contributed by atoms with Crippen molar-refractivity contribution in [2.75, 3.05) is 5.32 Å². The highest BCUT2D eigenvalue weighted by Crippen LogP contribution is 2.15. The van der Waals surface area contributed by atoms with E-state index in [9.17, 15) is 4.79 Å². The van der Waals surface area contributed by atoms with Crippen molar-refractivity contribution in [2.45, 2.75) is 6.92 Å². The number of hydrogen-bond donors (Lipinski definition) is 1. The highest BCUT2D eigenvalue weighted by molar-refractivity contribution is 5.94. The van der Waals surface area contributed by atoms with Crippen LogP contribution < -0.4 is 5.32 Å². The van der Waals surface area contributed by atoms with Crippen LogP contribution in [0.25, 0.3) is 0 Å². The molecular formula is C13H10N4O. The van der Waals surface area contributed by atoms with Gasteiger partial charge in [-0.1, -0.05) is 0 Å². The summed E-state index contributed by atoms with van der Waals surface area (Å²) in [7, 11) is 0. The van der Waals surface area contributed by atoms with Crippen LogP contribution in [0.4, 0.5) is 11.5 Å². The highest BCUT2D eigenvalue weighted by Gasteiger charge is 2.01. The van der Waals surface area contributed by atoms with Crippen LogP contribution in [-0.2, 0) is 0 Å². The van der Waals surface area contributed by atoms with E-state index in [0.29, 0.717) is 11.4 Å². The lowest BCUT2D eigenvalue weighted by Gasteiger charge is -2.05. The summed E-state index contributed by atoms with van der Waals surface area (Å²) in [6.07, 6.45) is 1.51. The third-order valence-corrected chi connectivity index (χ3v) is 2.32. The Morgan fingerprint density at radius 3 is 2.61 bits per heavy atom. The van der Waals surface area contributed by atoms with Gasteiger partial charge in [0.25, 0.3) is 0 Å². The van der Waals surface area contributed by atoms with Gasteiger partial charge in [-0.05, 0) is 37.3 Å². The largest absolute Gasteiger partial charge is 0.340 e. The van der Waals surface area contributed by atoms with Gasteiger partial charge in [-0.15, -0.1) is 0 Å². The van der Waals surface area contributed by atoms with E-state index in [2.05, 4.69) is 15.3 Å². The van der Waals surface area contributed by atoms with Crippen molar-refractivity contribution in [3.05, 3.63) is 47.9 Å². The monoisotopic (exact) mass is 238 g/mol. The van der Waals surface area contributed by atoms with Crippen molar-refractivity contribution in [3.8, 4) is 6.07 Å². The third kappa shape index (κ3) is 2.68. The quantitative estimate of drug-likeness (QED) is 0.830. The maximum absolute atomic E-state index is 11.1. The van der Waals surface area contributed by atoms with E-state index in [1.807, 2.05) is 6.07 Å². The minimum Gasteiger partial charge on any atom is -0.340 e. The van der Waals surface area contributed by atoms with Gasteiger partial charge in [-0.3, -0.25) is 4.79 Å². The summed E-state index contributed by atoms with van der Waals surface area (Å²) >= 11 is 0. The zero-order valence-corrected chi connectivity index (χ0v) is 9.71. The number of nitriles is 1. The predicted molar refractivity (Wildman–Crippen MR) is 66.5 cm³/mol. The van der Waals surface area contributed by atoms with Gasteiger partial charge in [-0.2, -0.15) is 5.26 Å². The van der Waals surface area contributed by atoms with E-state index < -0.39 is 0 Å². The van der Waals surface area contributed by atoms with Crippen molar-refractivity contribution in [2.24, 2.45) is 0 Å². The molecular weight excluding hydrogens is 228 g/mol. The molecule has 0 fully saturated rings. The van der Waals surface area contributed by atoms with Gasteiger partial charge in [0.2, 0.25) is 5.82 Å². The lowest BCUT2D eigenvalue weighted by Crippen LogP contribution is -1.97. The lowest BCUT2D eigenvalue weighted by atomic mass is 10.1. The summed E-state index contributed by atoms with van der Waals surface area (Å²) in [5.41, 5.74) is 1.45. The fraction of sp³-hybridized carbons (Fsp3) is 0.0769. The van der Waals surface area contributed by atoms with E-state index >= 15 is 0 Å². The molecule has 88 valence electrons. The molecule has 0 aliphatic heterocycles. The summed E-state index contributed by atoms with van der Waals surface area (Å²) in [4.78, 5) is 18.9. The summed E-state index contributed by atoms with van der Waals surface area (Å²) in [5.74, 6) is 0.674. The van der Waals surface area contributed by atoms with E-state index in [4.69, 9.17) is 5.26 Å². The number of rotatable bonds is 3. The second-order valence-corrected chi connectivity index (χ2v) is 3.64. The average Bonchev–Trinajstić information content (AvgIpc) is 2.39. The molecule has 0 unspecified atom stereocenters. The molecule has 0 saturated carbocycles. The number of ketones is 1. The average molecular weight is 238 g/mol. The molecule has 0 aliphatic rings. The van der Waals surface area contributed by atoms with E-state index in [1.165, 1.54) is 13.1 Å². The number of Topliss-reactive ketones (excluding diaryl/α,β-unsaturated/α-hetero) is 1. The van der Waals surface area contributed by atoms with Crippen molar-refractivity contribution < 1.29 is 4.79 Å². The third-order valence-electron chi connectivity index (χ3n) is 2.32. The number of anilines is 2. The fourth-order valence-corrected chi connectivity index (χ4v) is 1.42. The predicted octanol–water partition coefficient (Wildman–Crippen LogP) is 2.29. The maximum atomic E-state index is 11.1. The van der Waals surface area contributed by atoms with Crippen LogP contribution in [0.15, 0.2) is 36.5 Å². The molecule has 1 N–H and O–H groups in total. The van der Waals surface area contributed by atoms with Crippen LogP contribution in [0.3, 0.4) is 0 Å². The smallest absolute Gasteiger partial charge is 0.234 e. The van der Waals surface area contributed by atoms with Gasteiger partial charge in [0.15, 0.2) is 5.78 Å². The van der Waals surface area contributed by atoms with E-state index in [1.54, 1.807) is 30.3 Å². The first-order chi connectivity index (χ1) is 8.69. The highest BCUT2D eigenvalue weighted by atomic mass is 16.1. The van der Waals surface area contributed by atoms with Crippen molar-refractivity contribution in [1.82, 2.24) is 9.97 Å². The standard InChI is InChI=1S/C13H10N4O/c1-9(18)10-2-4-11(5-3-10)16-12-6-7-15-13(8-14)17-12/h2-7H,1H3,(H,15,16,17). The van der Waals surface area contributed by atoms with Gasteiger partial charge in [-0.25, -0.2) is 9.97 Å². The van der Waals surface area contributed by atoms with Gasteiger partial charge >= 0.3 is 0 Å². The first-order valence-corrected chi connectivity index (χ1v) is 5.30. The number of hydrogen-bond acceptors (Lipinski definition) is 5. The molecule has 0 aliphatic carbocycles. The minimum absolute atomic E-state index is 0.0235. The SMILES string of the molecule is CC(=O)c1ccc(Nc2ccnc(C#N)n2)cc1. The van der Waals surface area contributed by atoms with Crippen LogP contribution in [0.1, 0.15) is 23.1 Å². The molecule has 2 aromatic rings. The Kier molecular flexibility index (Phi) is 3.30. The van der Waals surface area contributed by atoms with Crippen LogP contribution in [0.2, 0.25) is 0 Å². The first kappa shape index (κ1) is 11.7. The Bertz CT molecular complexity index is 614. The van der Waals surface area contributed by atoms with Gasteiger partial charge in [0.05, 0.1) is 0 Å². The van der Waals surface area contributed by atoms with Crippen molar-refractivity contribution in [1.29, 1.82) is 5.26 Å². The van der Waals surface area contributed by atoms with Crippen LogP contribution in [0, 0.1) is 11.3 Å². The maximum Gasteiger partial charge on any atom is 0.234 e.